The summed E-state index contributed by atoms with van der Waals surface area (Å²) in [5, 5.41) is 0.573. The van der Waals surface area contributed by atoms with Gasteiger partial charge >= 0.3 is 0 Å². The molecule has 0 atom stereocenters. The minimum atomic E-state index is -0.0336. The Morgan fingerprint density at radius 2 is 1.72 bits per heavy atom. The van der Waals surface area contributed by atoms with Gasteiger partial charge in [0.05, 0.1) is 12.1 Å². The molecule has 0 N–H and O–H groups in total. The summed E-state index contributed by atoms with van der Waals surface area (Å²) in [5.41, 5.74) is 4.57. The second kappa shape index (κ2) is 9.44. The van der Waals surface area contributed by atoms with Crippen molar-refractivity contribution in [3.05, 3.63) is 99.6 Å². The molecule has 148 valence electrons. The van der Waals surface area contributed by atoms with Crippen molar-refractivity contribution in [1.82, 2.24) is 0 Å². The molecular weight excluding hydrogens is 384 g/mol. The summed E-state index contributed by atoms with van der Waals surface area (Å²) in [6, 6.07) is 18.9. The molecule has 0 aliphatic rings. The minimum Gasteiger partial charge on any atom is -0.496 e. The third-order valence-corrected chi connectivity index (χ3v) is 4.80. The molecule has 0 radical (unpaired) electrons. The quantitative estimate of drug-likeness (QED) is 0.334. The number of hydrogen-bond acceptors (Lipinski definition) is 3. The standard InChI is InChI=1S/C25H23ClO3/c1-17-5-4-6-20(13-17)23(27)10-8-19-9-12-24(28-3)21(15-19)16-29-25-11-7-18(2)14-22(25)26/h4-15H,16H2,1-3H3/b10-8+. The molecule has 3 rings (SSSR count). The number of carbonyl (C=O) groups is 1. The third kappa shape index (κ3) is 5.49. The number of ketones is 1. The van der Waals surface area contributed by atoms with Crippen molar-refractivity contribution in [3.63, 3.8) is 0 Å². The second-order valence-corrected chi connectivity index (χ2v) is 7.27. The SMILES string of the molecule is COc1ccc(/C=C/C(=O)c2cccc(C)c2)cc1COc1ccc(C)cc1Cl. The van der Waals surface area contributed by atoms with Crippen LogP contribution in [0.3, 0.4) is 0 Å². The summed E-state index contributed by atoms with van der Waals surface area (Å²) >= 11 is 6.25. The van der Waals surface area contributed by atoms with Crippen LogP contribution in [0.15, 0.2) is 66.7 Å². The van der Waals surface area contributed by atoms with Gasteiger partial charge in [-0.15, -0.1) is 0 Å². The molecule has 3 aromatic rings. The van der Waals surface area contributed by atoms with Gasteiger partial charge in [0.2, 0.25) is 0 Å². The number of carbonyl (C=O) groups excluding carboxylic acids is 1. The smallest absolute Gasteiger partial charge is 0.185 e. The van der Waals surface area contributed by atoms with E-state index in [9.17, 15) is 4.79 Å². The maximum Gasteiger partial charge on any atom is 0.185 e. The molecule has 0 unspecified atom stereocenters. The lowest BCUT2D eigenvalue weighted by atomic mass is 10.1. The summed E-state index contributed by atoms with van der Waals surface area (Å²) in [5.74, 6) is 1.30. The molecule has 0 aliphatic carbocycles. The Labute approximate surface area is 176 Å². The molecule has 0 aliphatic heterocycles. The van der Waals surface area contributed by atoms with Crippen LogP contribution in [0.4, 0.5) is 0 Å². The summed E-state index contributed by atoms with van der Waals surface area (Å²) < 4.78 is 11.3. The molecule has 0 saturated carbocycles. The van der Waals surface area contributed by atoms with Crippen molar-refractivity contribution in [3.8, 4) is 11.5 Å². The number of methoxy groups -OCH3 is 1. The molecule has 0 aromatic heterocycles. The summed E-state index contributed by atoms with van der Waals surface area (Å²) in [6.07, 6.45) is 3.38. The second-order valence-electron chi connectivity index (χ2n) is 6.86. The van der Waals surface area contributed by atoms with Gasteiger partial charge in [0.25, 0.3) is 0 Å². The van der Waals surface area contributed by atoms with Crippen molar-refractivity contribution in [2.24, 2.45) is 0 Å². The van der Waals surface area contributed by atoms with E-state index in [1.54, 1.807) is 19.3 Å². The van der Waals surface area contributed by atoms with Crippen LogP contribution in [0.5, 0.6) is 11.5 Å². The highest BCUT2D eigenvalue weighted by Gasteiger charge is 2.08. The number of halogens is 1. The van der Waals surface area contributed by atoms with Crippen LogP contribution in [0.2, 0.25) is 5.02 Å². The van der Waals surface area contributed by atoms with Gasteiger partial charge < -0.3 is 9.47 Å². The van der Waals surface area contributed by atoms with E-state index in [1.807, 2.05) is 74.5 Å². The topological polar surface area (TPSA) is 35.5 Å². The Balaban J connectivity index is 1.76. The van der Waals surface area contributed by atoms with Crippen LogP contribution < -0.4 is 9.47 Å². The minimum absolute atomic E-state index is 0.0336. The molecular formula is C25H23ClO3. The molecule has 3 nitrogen and oxygen atoms in total. The number of benzene rings is 3. The van der Waals surface area contributed by atoms with Gasteiger partial charge in [-0.1, -0.05) is 53.6 Å². The largest absolute Gasteiger partial charge is 0.496 e. The Morgan fingerprint density at radius 3 is 2.45 bits per heavy atom. The average Bonchev–Trinajstić information content (AvgIpc) is 2.71. The van der Waals surface area contributed by atoms with Crippen molar-refractivity contribution in [2.75, 3.05) is 7.11 Å². The predicted molar refractivity (Wildman–Crippen MR) is 118 cm³/mol. The lowest BCUT2D eigenvalue weighted by Crippen LogP contribution is -2.00. The molecule has 0 heterocycles. The van der Waals surface area contributed by atoms with Crippen LogP contribution in [-0.4, -0.2) is 12.9 Å². The molecule has 0 saturated heterocycles. The van der Waals surface area contributed by atoms with E-state index in [-0.39, 0.29) is 5.78 Å². The van der Waals surface area contributed by atoms with Crippen LogP contribution in [0.1, 0.15) is 32.6 Å². The van der Waals surface area contributed by atoms with Crippen molar-refractivity contribution in [2.45, 2.75) is 20.5 Å². The number of allylic oxidation sites excluding steroid dienone is 1. The number of hydrogen-bond donors (Lipinski definition) is 0. The lowest BCUT2D eigenvalue weighted by Gasteiger charge is -2.12. The first-order valence-corrected chi connectivity index (χ1v) is 9.69. The Hall–Kier alpha value is -3.04. The predicted octanol–water partition coefficient (Wildman–Crippen LogP) is 6.44. The van der Waals surface area contributed by atoms with Crippen LogP contribution in [0.25, 0.3) is 6.08 Å². The van der Waals surface area contributed by atoms with Gasteiger partial charge in [0.15, 0.2) is 5.78 Å². The summed E-state index contributed by atoms with van der Waals surface area (Å²) in [6.45, 7) is 4.25. The molecule has 4 heteroatoms. The zero-order valence-electron chi connectivity index (χ0n) is 16.7. The first-order chi connectivity index (χ1) is 14.0. The van der Waals surface area contributed by atoms with E-state index in [0.717, 1.165) is 28.0 Å². The lowest BCUT2D eigenvalue weighted by molar-refractivity contribution is 0.104. The van der Waals surface area contributed by atoms with Crippen molar-refractivity contribution < 1.29 is 14.3 Å². The van der Waals surface area contributed by atoms with Crippen LogP contribution in [0, 0.1) is 13.8 Å². The fourth-order valence-electron chi connectivity index (χ4n) is 2.96. The van der Waals surface area contributed by atoms with Gasteiger partial charge in [-0.3, -0.25) is 4.79 Å². The van der Waals surface area contributed by atoms with E-state index >= 15 is 0 Å². The Bertz CT molecular complexity index is 1050. The molecule has 3 aromatic carbocycles. The monoisotopic (exact) mass is 406 g/mol. The Kier molecular flexibility index (Phi) is 6.73. The van der Waals surface area contributed by atoms with Gasteiger partial charge in [0.1, 0.15) is 18.1 Å². The number of ether oxygens (including phenoxy) is 2. The highest BCUT2D eigenvalue weighted by molar-refractivity contribution is 6.32. The number of rotatable bonds is 7. The van der Waals surface area contributed by atoms with Crippen molar-refractivity contribution in [1.29, 1.82) is 0 Å². The first-order valence-electron chi connectivity index (χ1n) is 9.31. The molecule has 0 fully saturated rings. The highest BCUT2D eigenvalue weighted by Crippen LogP contribution is 2.28. The Morgan fingerprint density at radius 1 is 0.966 bits per heavy atom. The van der Waals surface area contributed by atoms with Gasteiger partial charge in [-0.25, -0.2) is 0 Å². The molecule has 0 amide bonds. The fraction of sp³-hybridized carbons (Fsp3) is 0.160. The van der Waals surface area contributed by atoms with E-state index in [2.05, 4.69) is 0 Å². The van der Waals surface area contributed by atoms with E-state index in [0.29, 0.717) is 22.9 Å². The van der Waals surface area contributed by atoms with Crippen molar-refractivity contribution >= 4 is 23.5 Å². The van der Waals surface area contributed by atoms with Gasteiger partial charge in [0, 0.05) is 11.1 Å². The fourth-order valence-corrected chi connectivity index (χ4v) is 3.25. The van der Waals surface area contributed by atoms with E-state index in [1.165, 1.54) is 0 Å². The van der Waals surface area contributed by atoms with Gasteiger partial charge in [-0.05, 0) is 61.4 Å². The zero-order chi connectivity index (χ0) is 20.8. The summed E-state index contributed by atoms with van der Waals surface area (Å²) in [7, 11) is 1.62. The third-order valence-electron chi connectivity index (χ3n) is 4.50. The van der Waals surface area contributed by atoms with E-state index < -0.39 is 0 Å². The highest BCUT2D eigenvalue weighted by atomic mass is 35.5. The maximum atomic E-state index is 12.4. The van der Waals surface area contributed by atoms with Gasteiger partial charge in [-0.2, -0.15) is 0 Å². The first kappa shape index (κ1) is 20.7. The van der Waals surface area contributed by atoms with Crippen LogP contribution >= 0.6 is 11.6 Å². The maximum absolute atomic E-state index is 12.4. The van der Waals surface area contributed by atoms with E-state index in [4.69, 9.17) is 21.1 Å². The normalized spacial score (nSPS) is 10.9. The number of aryl methyl sites for hydroxylation is 2. The summed E-state index contributed by atoms with van der Waals surface area (Å²) in [4.78, 5) is 12.4. The average molecular weight is 407 g/mol. The van der Waals surface area contributed by atoms with Crippen LogP contribution in [-0.2, 0) is 6.61 Å². The molecule has 0 spiro atoms. The zero-order valence-corrected chi connectivity index (χ0v) is 17.5. The molecule has 0 bridgehead atoms. The molecule has 29 heavy (non-hydrogen) atoms.